The van der Waals surface area contributed by atoms with Gasteiger partial charge in [-0.3, -0.25) is 9.59 Å². The van der Waals surface area contributed by atoms with Crippen molar-refractivity contribution < 1.29 is 9.59 Å². The average Bonchev–Trinajstić information content (AvgIpc) is 2.34. The quantitative estimate of drug-likeness (QED) is 0.722. The highest BCUT2D eigenvalue weighted by Gasteiger charge is 2.44. The monoisotopic (exact) mass is 293 g/mol. The molecule has 2 unspecified atom stereocenters. The molecule has 2 bridgehead atoms. The molecule has 0 aromatic carbocycles. The highest BCUT2D eigenvalue weighted by atomic mass is 16.2. The van der Waals surface area contributed by atoms with E-state index in [9.17, 15) is 9.59 Å². The molecular formula is C16H27N3O2. The maximum atomic E-state index is 12.6. The summed E-state index contributed by atoms with van der Waals surface area (Å²) in [6, 6.07) is 0.283. The summed E-state index contributed by atoms with van der Waals surface area (Å²) in [6.07, 6.45) is 8.49. The zero-order chi connectivity index (χ0) is 15.0. The van der Waals surface area contributed by atoms with E-state index in [1.807, 2.05) is 0 Å². The fraction of sp³-hybridized carbons (Fsp3) is 0.875. The lowest BCUT2D eigenvalue weighted by atomic mass is 9.64. The lowest BCUT2D eigenvalue weighted by Crippen LogP contribution is -2.58. The second-order valence-electron chi connectivity index (χ2n) is 7.46. The molecule has 0 aliphatic heterocycles. The van der Waals surface area contributed by atoms with Gasteiger partial charge in [-0.25, -0.2) is 0 Å². The first-order valence-electron chi connectivity index (χ1n) is 8.35. The van der Waals surface area contributed by atoms with Gasteiger partial charge in [0.15, 0.2) is 0 Å². The van der Waals surface area contributed by atoms with Crippen LogP contribution in [0.5, 0.6) is 0 Å². The van der Waals surface area contributed by atoms with E-state index in [0.717, 1.165) is 44.9 Å². The number of hydrogen-bond acceptors (Lipinski definition) is 3. The summed E-state index contributed by atoms with van der Waals surface area (Å²) < 4.78 is 0. The van der Waals surface area contributed by atoms with E-state index in [1.165, 1.54) is 6.42 Å². The maximum Gasteiger partial charge on any atom is 0.223 e. The van der Waals surface area contributed by atoms with Crippen LogP contribution in [0, 0.1) is 17.8 Å². The van der Waals surface area contributed by atoms with Crippen molar-refractivity contribution in [1.82, 2.24) is 5.32 Å². The second kappa shape index (κ2) is 5.59. The molecule has 2 atom stereocenters. The molecule has 2 amide bonds. The topological polar surface area (TPSA) is 98.2 Å². The summed E-state index contributed by atoms with van der Waals surface area (Å²) in [5.41, 5.74) is 11.3. The van der Waals surface area contributed by atoms with Gasteiger partial charge in [0.25, 0.3) is 0 Å². The molecule has 0 saturated heterocycles. The first kappa shape index (κ1) is 14.8. The minimum Gasteiger partial charge on any atom is -0.370 e. The molecule has 5 N–H and O–H groups in total. The van der Waals surface area contributed by atoms with E-state index in [0.29, 0.717) is 11.8 Å². The Hall–Kier alpha value is -1.10. The molecule has 0 spiro atoms. The van der Waals surface area contributed by atoms with Crippen molar-refractivity contribution >= 4 is 11.8 Å². The summed E-state index contributed by atoms with van der Waals surface area (Å²) >= 11 is 0. The molecule has 21 heavy (non-hydrogen) atoms. The van der Waals surface area contributed by atoms with Crippen LogP contribution in [0.1, 0.15) is 57.8 Å². The first-order chi connectivity index (χ1) is 9.99. The Balaban J connectivity index is 1.62. The van der Waals surface area contributed by atoms with Crippen LogP contribution in [0.3, 0.4) is 0 Å². The van der Waals surface area contributed by atoms with Crippen LogP contribution in [-0.2, 0) is 9.59 Å². The number of nitrogens with one attached hydrogen (secondary N) is 1. The number of primary amides is 1. The third kappa shape index (κ3) is 2.93. The standard InChI is InChI=1S/C16H27N3O2/c17-13(20)9-16(5-2-6-16)19-15(21)12-7-10-3-1-4-11(8-12)14(10)18/h10-12,14H,1-9,18H2,(H2,17,20)(H,19,21). The van der Waals surface area contributed by atoms with Crippen LogP contribution >= 0.6 is 0 Å². The van der Waals surface area contributed by atoms with Gasteiger partial charge in [0.1, 0.15) is 0 Å². The zero-order valence-electron chi connectivity index (χ0n) is 12.6. The van der Waals surface area contributed by atoms with Gasteiger partial charge in [-0.15, -0.1) is 0 Å². The summed E-state index contributed by atoms with van der Waals surface area (Å²) in [5.74, 6) is 0.881. The Bertz CT molecular complexity index is 419. The average molecular weight is 293 g/mol. The summed E-state index contributed by atoms with van der Waals surface area (Å²) in [5, 5.41) is 3.15. The first-order valence-corrected chi connectivity index (χ1v) is 8.35. The SMILES string of the molecule is NC(=O)CC1(NC(=O)C2CC3CCCC(C2)C3N)CCC1. The molecule has 118 valence electrons. The van der Waals surface area contributed by atoms with E-state index in [4.69, 9.17) is 11.5 Å². The van der Waals surface area contributed by atoms with Crippen LogP contribution in [0.15, 0.2) is 0 Å². The highest BCUT2D eigenvalue weighted by Crippen LogP contribution is 2.43. The van der Waals surface area contributed by atoms with Crippen LogP contribution in [-0.4, -0.2) is 23.4 Å². The summed E-state index contributed by atoms with van der Waals surface area (Å²) in [6.45, 7) is 0. The minimum absolute atomic E-state index is 0.0745. The summed E-state index contributed by atoms with van der Waals surface area (Å²) in [4.78, 5) is 23.8. The van der Waals surface area contributed by atoms with Crippen LogP contribution < -0.4 is 16.8 Å². The van der Waals surface area contributed by atoms with Crippen molar-refractivity contribution in [2.45, 2.75) is 69.4 Å². The molecule has 0 heterocycles. The molecule has 0 aromatic rings. The molecule has 5 heteroatoms. The summed E-state index contributed by atoms with van der Waals surface area (Å²) in [7, 11) is 0. The Morgan fingerprint density at radius 3 is 2.19 bits per heavy atom. The van der Waals surface area contributed by atoms with Gasteiger partial charge >= 0.3 is 0 Å². The van der Waals surface area contributed by atoms with Crippen molar-refractivity contribution in [3.63, 3.8) is 0 Å². The highest BCUT2D eigenvalue weighted by molar-refractivity contribution is 5.82. The largest absolute Gasteiger partial charge is 0.370 e. The molecular weight excluding hydrogens is 266 g/mol. The Morgan fingerprint density at radius 2 is 1.71 bits per heavy atom. The second-order valence-corrected chi connectivity index (χ2v) is 7.46. The smallest absolute Gasteiger partial charge is 0.223 e. The van der Waals surface area contributed by atoms with Crippen molar-refractivity contribution in [1.29, 1.82) is 0 Å². The van der Waals surface area contributed by atoms with Gasteiger partial charge in [0.05, 0.1) is 0 Å². The Labute approximate surface area is 126 Å². The number of carbonyl (C=O) groups excluding carboxylic acids is 2. The predicted octanol–water partition coefficient (Wildman–Crippen LogP) is 1.05. The number of rotatable bonds is 4. The molecule has 3 aliphatic rings. The third-order valence-corrected chi connectivity index (χ3v) is 6.00. The molecule has 5 nitrogen and oxygen atoms in total. The minimum atomic E-state index is -0.350. The van der Waals surface area contributed by atoms with Gasteiger partial charge in [0, 0.05) is 23.9 Å². The maximum absolute atomic E-state index is 12.6. The molecule has 3 aliphatic carbocycles. The number of hydrogen-bond donors (Lipinski definition) is 3. The van der Waals surface area contributed by atoms with E-state index in [1.54, 1.807) is 0 Å². The number of fused-ring (bicyclic) bond motifs is 2. The normalized spacial score (nSPS) is 37.4. The van der Waals surface area contributed by atoms with Gasteiger partial charge in [0.2, 0.25) is 11.8 Å². The number of carbonyl (C=O) groups is 2. The third-order valence-electron chi connectivity index (χ3n) is 6.00. The fourth-order valence-electron chi connectivity index (χ4n) is 4.65. The van der Waals surface area contributed by atoms with Gasteiger partial charge in [-0.2, -0.15) is 0 Å². The van der Waals surface area contributed by atoms with Crippen molar-refractivity contribution in [3.8, 4) is 0 Å². The molecule has 3 rings (SSSR count). The van der Waals surface area contributed by atoms with E-state index < -0.39 is 0 Å². The Morgan fingerprint density at radius 1 is 1.10 bits per heavy atom. The van der Waals surface area contributed by atoms with Gasteiger partial charge < -0.3 is 16.8 Å². The van der Waals surface area contributed by atoms with Crippen molar-refractivity contribution in [3.05, 3.63) is 0 Å². The molecule has 0 radical (unpaired) electrons. The number of nitrogens with two attached hydrogens (primary N) is 2. The Kier molecular flexibility index (Phi) is 3.95. The lowest BCUT2D eigenvalue weighted by molar-refractivity contribution is -0.132. The van der Waals surface area contributed by atoms with E-state index >= 15 is 0 Å². The molecule has 3 saturated carbocycles. The zero-order valence-corrected chi connectivity index (χ0v) is 12.6. The number of amides is 2. The molecule has 3 fully saturated rings. The van der Waals surface area contributed by atoms with Gasteiger partial charge in [-0.1, -0.05) is 6.42 Å². The van der Waals surface area contributed by atoms with E-state index in [2.05, 4.69) is 5.32 Å². The lowest BCUT2D eigenvalue weighted by Gasteiger charge is -2.46. The van der Waals surface area contributed by atoms with Crippen molar-refractivity contribution in [2.24, 2.45) is 29.2 Å². The van der Waals surface area contributed by atoms with Crippen LogP contribution in [0.4, 0.5) is 0 Å². The molecule has 0 aromatic heterocycles. The van der Waals surface area contributed by atoms with Crippen LogP contribution in [0.25, 0.3) is 0 Å². The van der Waals surface area contributed by atoms with Crippen LogP contribution in [0.2, 0.25) is 0 Å². The predicted molar refractivity (Wildman–Crippen MR) is 80.1 cm³/mol. The van der Waals surface area contributed by atoms with Gasteiger partial charge in [-0.05, 0) is 56.8 Å². The fourth-order valence-corrected chi connectivity index (χ4v) is 4.65. The van der Waals surface area contributed by atoms with Crippen molar-refractivity contribution in [2.75, 3.05) is 0 Å². The van der Waals surface area contributed by atoms with E-state index in [-0.39, 0.29) is 35.7 Å².